The van der Waals surface area contributed by atoms with Gasteiger partial charge in [0.15, 0.2) is 5.41 Å². The Labute approximate surface area is 260 Å². The first-order chi connectivity index (χ1) is 20.9. The van der Waals surface area contributed by atoms with E-state index in [-0.39, 0.29) is 18.4 Å². The minimum atomic E-state index is -1.48. The third-order valence-electron chi connectivity index (χ3n) is 7.68. The van der Waals surface area contributed by atoms with E-state index in [0.29, 0.717) is 35.5 Å². The summed E-state index contributed by atoms with van der Waals surface area (Å²) in [6, 6.07) is 32.5. The predicted molar refractivity (Wildman–Crippen MR) is 173 cm³/mol. The van der Waals surface area contributed by atoms with E-state index in [9.17, 15) is 14.4 Å². The van der Waals surface area contributed by atoms with E-state index in [1.165, 1.54) is 10.0 Å². The predicted octanol–water partition coefficient (Wildman–Crippen LogP) is 7.95. The Hall–Kier alpha value is -4.43. The molecule has 1 heterocycles. The molecule has 0 radical (unpaired) electrons. The van der Waals surface area contributed by atoms with Gasteiger partial charge in [-0.25, -0.2) is 14.8 Å². The first-order valence-electron chi connectivity index (χ1n) is 14.5. The standard InChI is InChI=1S/C35H34BrN3O4/c1-3-5-24-35(33(41)38(29-12-8-6-9-13-29)39(34(35)42)30-14-10-7-11-15-30)31(25-16-20-27(36)21-17-25)37-28-22-18-26(19-23-28)32(40)43-4-2/h6-23,31,37H,3-5,24H2,1-2H3. The van der Waals surface area contributed by atoms with Gasteiger partial charge in [-0.1, -0.05) is 84.2 Å². The maximum atomic E-state index is 15.0. The number of hydrogen-bond acceptors (Lipinski definition) is 5. The summed E-state index contributed by atoms with van der Waals surface area (Å²) in [4.78, 5) is 42.2. The lowest BCUT2D eigenvalue weighted by atomic mass is 9.72. The number of esters is 1. The number of carbonyl (C=O) groups is 3. The molecule has 4 aromatic rings. The van der Waals surface area contributed by atoms with E-state index in [2.05, 4.69) is 28.2 Å². The van der Waals surface area contributed by atoms with Gasteiger partial charge in [-0.3, -0.25) is 9.59 Å². The lowest BCUT2D eigenvalue weighted by Crippen LogP contribution is -2.45. The van der Waals surface area contributed by atoms with Gasteiger partial charge < -0.3 is 10.1 Å². The number of nitrogens with one attached hydrogen (secondary N) is 1. The zero-order valence-electron chi connectivity index (χ0n) is 24.2. The van der Waals surface area contributed by atoms with E-state index in [0.717, 1.165) is 16.5 Å². The number of hydrazine groups is 1. The van der Waals surface area contributed by atoms with Crippen LogP contribution in [0.4, 0.5) is 17.1 Å². The molecular formula is C35H34BrN3O4. The van der Waals surface area contributed by atoms with Crippen LogP contribution >= 0.6 is 15.9 Å². The molecule has 0 aliphatic carbocycles. The summed E-state index contributed by atoms with van der Waals surface area (Å²) < 4.78 is 6.03. The van der Waals surface area contributed by atoms with Crippen LogP contribution in [0.1, 0.15) is 55.1 Å². The largest absolute Gasteiger partial charge is 0.462 e. The summed E-state index contributed by atoms with van der Waals surface area (Å²) in [7, 11) is 0. The van der Waals surface area contributed by atoms with Gasteiger partial charge in [-0.05, 0) is 79.6 Å². The lowest BCUT2D eigenvalue weighted by Gasteiger charge is -2.35. The lowest BCUT2D eigenvalue weighted by molar-refractivity contribution is -0.136. The van der Waals surface area contributed by atoms with Crippen LogP contribution in [0.25, 0.3) is 0 Å². The van der Waals surface area contributed by atoms with Crippen molar-refractivity contribution < 1.29 is 19.1 Å². The van der Waals surface area contributed by atoms with Gasteiger partial charge >= 0.3 is 5.97 Å². The van der Waals surface area contributed by atoms with E-state index >= 15 is 0 Å². The van der Waals surface area contributed by atoms with Gasteiger partial charge in [0.2, 0.25) is 0 Å². The zero-order valence-corrected chi connectivity index (χ0v) is 25.8. The Morgan fingerprint density at radius 3 is 1.81 bits per heavy atom. The topological polar surface area (TPSA) is 79.0 Å². The minimum Gasteiger partial charge on any atom is -0.462 e. The van der Waals surface area contributed by atoms with Gasteiger partial charge in [0.05, 0.1) is 29.6 Å². The van der Waals surface area contributed by atoms with E-state index < -0.39 is 17.4 Å². The summed E-state index contributed by atoms with van der Waals surface area (Å²) in [5.41, 5.74) is 1.62. The molecule has 1 aliphatic rings. The molecule has 1 unspecified atom stereocenters. The molecular weight excluding hydrogens is 606 g/mol. The third-order valence-corrected chi connectivity index (χ3v) is 8.21. The Morgan fingerprint density at radius 1 is 0.791 bits per heavy atom. The molecule has 43 heavy (non-hydrogen) atoms. The summed E-state index contributed by atoms with van der Waals surface area (Å²) in [5, 5.41) is 6.58. The van der Waals surface area contributed by atoms with Crippen molar-refractivity contribution in [2.75, 3.05) is 21.9 Å². The van der Waals surface area contributed by atoms with Crippen molar-refractivity contribution in [2.24, 2.45) is 5.41 Å². The fourth-order valence-electron chi connectivity index (χ4n) is 5.55. The fraction of sp³-hybridized carbons (Fsp3) is 0.229. The zero-order chi connectivity index (χ0) is 30.4. The van der Waals surface area contributed by atoms with Crippen LogP contribution in [0.15, 0.2) is 114 Å². The van der Waals surface area contributed by atoms with Crippen LogP contribution in [0.5, 0.6) is 0 Å². The number of para-hydroxylation sites is 2. The van der Waals surface area contributed by atoms with Gasteiger partial charge in [0.25, 0.3) is 11.8 Å². The van der Waals surface area contributed by atoms with Crippen molar-refractivity contribution in [1.82, 2.24) is 0 Å². The second kappa shape index (κ2) is 13.3. The van der Waals surface area contributed by atoms with E-state index in [1.54, 1.807) is 31.2 Å². The first-order valence-corrected chi connectivity index (χ1v) is 15.3. The number of carbonyl (C=O) groups excluding carboxylic acids is 3. The number of benzene rings is 4. The van der Waals surface area contributed by atoms with Gasteiger partial charge in [0, 0.05) is 10.2 Å². The quantitative estimate of drug-likeness (QED) is 0.133. The molecule has 0 saturated carbocycles. The SMILES string of the molecule is CCCCC1(C(Nc2ccc(C(=O)OCC)cc2)c2ccc(Br)cc2)C(=O)N(c2ccccc2)N(c2ccccc2)C1=O. The molecule has 1 aliphatic heterocycles. The van der Waals surface area contributed by atoms with Crippen molar-refractivity contribution in [3.63, 3.8) is 0 Å². The van der Waals surface area contributed by atoms with Crippen molar-refractivity contribution in [3.8, 4) is 0 Å². The number of halogens is 1. The number of amides is 2. The molecule has 8 heteroatoms. The summed E-state index contributed by atoms with van der Waals surface area (Å²) >= 11 is 3.52. The molecule has 0 bridgehead atoms. The molecule has 1 N–H and O–H groups in total. The van der Waals surface area contributed by atoms with Crippen molar-refractivity contribution >= 4 is 50.8 Å². The van der Waals surface area contributed by atoms with Crippen LogP contribution in [0.3, 0.4) is 0 Å². The number of nitrogens with zero attached hydrogens (tertiary/aromatic N) is 2. The van der Waals surface area contributed by atoms with Gasteiger partial charge in [-0.2, -0.15) is 0 Å². The van der Waals surface area contributed by atoms with E-state index in [1.807, 2.05) is 84.9 Å². The molecule has 220 valence electrons. The fourth-order valence-corrected chi connectivity index (χ4v) is 5.81. The first kappa shape index (κ1) is 30.0. The number of anilines is 3. The minimum absolute atomic E-state index is 0.282. The highest BCUT2D eigenvalue weighted by Crippen LogP contribution is 2.50. The Balaban J connectivity index is 1.68. The van der Waals surface area contributed by atoms with Crippen LogP contribution in [-0.4, -0.2) is 24.4 Å². The monoisotopic (exact) mass is 639 g/mol. The second-order valence-electron chi connectivity index (χ2n) is 10.4. The normalized spacial score (nSPS) is 15.0. The molecule has 4 aromatic carbocycles. The number of ether oxygens (including phenoxy) is 1. The Bertz CT molecular complexity index is 1500. The number of unbranched alkanes of at least 4 members (excludes halogenated alkanes) is 1. The van der Waals surface area contributed by atoms with Gasteiger partial charge in [0.1, 0.15) is 0 Å². The average molecular weight is 641 g/mol. The van der Waals surface area contributed by atoms with Crippen LogP contribution in [0, 0.1) is 5.41 Å². The maximum Gasteiger partial charge on any atom is 0.338 e. The van der Waals surface area contributed by atoms with Crippen molar-refractivity contribution in [1.29, 1.82) is 0 Å². The smallest absolute Gasteiger partial charge is 0.338 e. The molecule has 1 atom stereocenters. The third kappa shape index (κ3) is 5.92. The molecule has 7 nitrogen and oxygen atoms in total. The molecule has 1 fully saturated rings. The van der Waals surface area contributed by atoms with Crippen molar-refractivity contribution in [2.45, 2.75) is 39.2 Å². The average Bonchev–Trinajstić information content (AvgIpc) is 3.26. The maximum absolute atomic E-state index is 15.0. The summed E-state index contributed by atoms with van der Waals surface area (Å²) in [5.74, 6) is -1.01. The highest BCUT2D eigenvalue weighted by molar-refractivity contribution is 9.10. The molecule has 2 amide bonds. The van der Waals surface area contributed by atoms with E-state index in [4.69, 9.17) is 4.74 Å². The highest BCUT2D eigenvalue weighted by Gasteiger charge is 2.63. The molecule has 0 spiro atoms. The van der Waals surface area contributed by atoms with Crippen LogP contribution in [-0.2, 0) is 14.3 Å². The summed E-state index contributed by atoms with van der Waals surface area (Å²) in [6.07, 6.45) is 1.81. The Kier molecular flexibility index (Phi) is 9.26. The van der Waals surface area contributed by atoms with Crippen LogP contribution in [0.2, 0.25) is 0 Å². The number of rotatable bonds is 11. The van der Waals surface area contributed by atoms with Crippen LogP contribution < -0.4 is 15.3 Å². The molecule has 5 rings (SSSR count). The Morgan fingerprint density at radius 2 is 1.33 bits per heavy atom. The molecule has 1 saturated heterocycles. The molecule has 0 aromatic heterocycles. The number of hydrogen-bond donors (Lipinski definition) is 1. The second-order valence-corrected chi connectivity index (χ2v) is 11.3. The van der Waals surface area contributed by atoms with Gasteiger partial charge in [-0.15, -0.1) is 0 Å². The summed E-state index contributed by atoms with van der Waals surface area (Å²) in [6.45, 7) is 4.10. The highest BCUT2D eigenvalue weighted by atomic mass is 79.9. The van der Waals surface area contributed by atoms with Crippen molar-refractivity contribution in [3.05, 3.63) is 125 Å².